The van der Waals surface area contributed by atoms with Crippen LogP contribution >= 0.6 is 115 Å². The van der Waals surface area contributed by atoms with E-state index in [2.05, 4.69) is 71.4 Å². The lowest BCUT2D eigenvalue weighted by Gasteiger charge is -2.24. The number of aryl methyl sites for hydroxylation is 5. The summed E-state index contributed by atoms with van der Waals surface area (Å²) in [7, 11) is -2.97. The summed E-state index contributed by atoms with van der Waals surface area (Å²) in [6, 6.07) is 44.3. The van der Waals surface area contributed by atoms with Crippen LogP contribution in [0.15, 0.2) is 152 Å². The van der Waals surface area contributed by atoms with E-state index in [1.807, 2.05) is 194 Å². The summed E-state index contributed by atoms with van der Waals surface area (Å²) in [5.41, 5.74) is 16.4. The number of halogens is 9. The van der Waals surface area contributed by atoms with Gasteiger partial charge in [0.25, 0.3) is 11.8 Å². The molecule has 2 amide bonds. The Labute approximate surface area is 947 Å². The van der Waals surface area contributed by atoms with Crippen molar-refractivity contribution in [1.82, 2.24) is 30.7 Å². The quantitative estimate of drug-likeness (QED) is 0.00421. The smallest absolute Gasteiger partial charge is 0.373 e. The van der Waals surface area contributed by atoms with E-state index in [-0.39, 0.29) is 123 Å². The summed E-state index contributed by atoms with van der Waals surface area (Å²) >= 11 is 38.2. The first-order valence-corrected chi connectivity index (χ1v) is 54.7. The lowest BCUT2D eigenvalue weighted by atomic mass is 9.85. The maximum Gasteiger partial charge on any atom is 0.373 e. The normalized spacial score (nSPS) is 11.9. The van der Waals surface area contributed by atoms with Gasteiger partial charge >= 0.3 is 76.0 Å². The fourth-order valence-electron chi connectivity index (χ4n) is 13.9. The number of carboxylic acid groups (broad SMARTS) is 2. The molecule has 0 heterocycles. The molecule has 0 aliphatic carbocycles. The highest BCUT2D eigenvalue weighted by atomic mass is 127. The van der Waals surface area contributed by atoms with E-state index in [1.54, 1.807) is 112 Å². The van der Waals surface area contributed by atoms with E-state index >= 15 is 0 Å². The van der Waals surface area contributed by atoms with Gasteiger partial charge in [-0.15, -0.1) is 69.6 Å². The zero-order chi connectivity index (χ0) is 112. The summed E-state index contributed by atoms with van der Waals surface area (Å²) in [5.74, 6) is -1.41. The van der Waals surface area contributed by atoms with E-state index in [0.717, 1.165) is 94.0 Å². The van der Waals surface area contributed by atoms with Gasteiger partial charge in [-0.25, -0.2) is 14.4 Å². The zero-order valence-corrected chi connectivity index (χ0v) is 99.4. The monoisotopic (exact) mass is 2430 g/mol. The van der Waals surface area contributed by atoms with Crippen molar-refractivity contribution in [2.24, 2.45) is 5.73 Å². The summed E-state index contributed by atoms with van der Waals surface area (Å²) in [6.07, 6.45) is 2.19. The van der Waals surface area contributed by atoms with Gasteiger partial charge in [0, 0.05) is 99.0 Å². The zero-order valence-electron chi connectivity index (χ0n) is 89.8. The first kappa shape index (κ1) is 142. The van der Waals surface area contributed by atoms with Crippen LogP contribution in [0.1, 0.15) is 228 Å². The fraction of sp³-hybridized carbons (Fsp3) is 0.509. The highest BCUT2D eigenvalue weighted by Gasteiger charge is 2.30. The van der Waals surface area contributed by atoms with Gasteiger partial charge in [-0.2, -0.15) is 0 Å². The van der Waals surface area contributed by atoms with E-state index in [4.69, 9.17) is 119 Å². The SMILES string of the molecule is CB(O)N[C@@H](CI)CC(=O)OC(C)(C)C.CB(O)N[C@H](CC(=O)OC(C)(C)C)Cc1cc(C(=O)N(CCCl)CCCl)ccc1C.CB(O)N[C@H](CC(=O)OC(C)(C)C)Cc1cc(C(=O)O)ccc1C.CB(O)N[C@H](CC(=O)OC(C)(C)C)Cc1cc(C(=O)OCc2ccccc2)ccc1C.Cc1ccc(C(=O)N(CCCl)CCCl)cc1C[C@H](N)CC(=O)O.Cc1ccc(C(=O)OCc2ccccc2)cc1I.ClCC[NH2+]CCCl.[Cl-]. The molecule has 149 heavy (non-hydrogen) atoms. The molecule has 5 atom stereocenters. The van der Waals surface area contributed by atoms with Crippen molar-refractivity contribution in [3.63, 3.8) is 0 Å². The van der Waals surface area contributed by atoms with Crippen molar-refractivity contribution in [3.05, 3.63) is 244 Å². The Hall–Kier alpha value is -7.41. The number of hydrogen-bond donors (Lipinski definition) is 12. The van der Waals surface area contributed by atoms with Crippen LogP contribution in [-0.2, 0) is 91.3 Å². The molecule has 7 aromatic carbocycles. The van der Waals surface area contributed by atoms with Crippen molar-refractivity contribution < 1.29 is 124 Å². The summed E-state index contributed by atoms with van der Waals surface area (Å²) < 4.78 is 33.9. The molecule has 0 saturated carbocycles. The molecule has 0 aromatic heterocycles. The van der Waals surface area contributed by atoms with Crippen molar-refractivity contribution in [2.45, 2.75) is 269 Å². The van der Waals surface area contributed by atoms with Gasteiger partial charge in [-0.3, -0.25) is 33.6 Å². The van der Waals surface area contributed by atoms with Gasteiger partial charge in [-0.05, 0) is 315 Å². The number of aliphatic carboxylic acids is 1. The largest absolute Gasteiger partial charge is 1.00 e. The number of amides is 2. The third kappa shape index (κ3) is 66.4. The minimum absolute atomic E-state index is 0. The number of aromatic carboxylic acids is 1. The van der Waals surface area contributed by atoms with Gasteiger partial charge in [0.2, 0.25) is 0 Å². The molecule has 826 valence electrons. The Morgan fingerprint density at radius 2 is 0.651 bits per heavy atom. The summed E-state index contributed by atoms with van der Waals surface area (Å²) in [6.45, 7) is 42.1. The molecule has 0 radical (unpaired) electrons. The third-order valence-corrected chi connectivity index (χ3v) is 23.9. The van der Waals surface area contributed by atoms with Crippen LogP contribution in [0, 0.1) is 38.2 Å². The number of hydrogen-bond acceptors (Lipinski definition) is 25. The number of carbonyl (C=O) groups is 10. The van der Waals surface area contributed by atoms with E-state index < -0.39 is 74.6 Å². The number of rotatable bonds is 48. The van der Waals surface area contributed by atoms with Gasteiger partial charge in [0.05, 0.1) is 73.6 Å². The van der Waals surface area contributed by atoms with Gasteiger partial charge in [-0.1, -0.05) is 114 Å². The van der Waals surface area contributed by atoms with E-state index in [0.29, 0.717) is 104 Å². The highest BCUT2D eigenvalue weighted by molar-refractivity contribution is 14.1. The van der Waals surface area contributed by atoms with Crippen LogP contribution in [-0.4, -0.2) is 259 Å². The Balaban J connectivity index is 0.00000176. The molecule has 0 bridgehead atoms. The number of carboxylic acids is 2. The first-order valence-electron chi connectivity index (χ1n) is 48.9. The number of nitrogens with one attached hydrogen (secondary N) is 4. The number of nitrogens with two attached hydrogens (primary N) is 2. The Kier molecular flexibility index (Phi) is 71.7. The molecule has 0 spiro atoms. The van der Waals surface area contributed by atoms with Gasteiger partial charge in [0.15, 0.2) is 0 Å². The molecule has 0 aliphatic rings. The Morgan fingerprint density at radius 1 is 0.383 bits per heavy atom. The number of carbonyl (C=O) groups excluding carboxylic acids is 8. The van der Waals surface area contributed by atoms with Crippen LogP contribution in [0.4, 0.5) is 0 Å². The van der Waals surface area contributed by atoms with Crippen LogP contribution in [0.2, 0.25) is 27.3 Å². The second-order valence-corrected chi connectivity index (χ2v) is 43.5. The van der Waals surface area contributed by atoms with Crippen LogP contribution < -0.4 is 44.4 Å². The predicted molar refractivity (Wildman–Crippen MR) is 613 cm³/mol. The predicted octanol–water partition coefficient (Wildman–Crippen LogP) is 13.5. The molecular weight excluding hydrogens is 2280 g/mol. The van der Waals surface area contributed by atoms with Crippen molar-refractivity contribution in [3.8, 4) is 0 Å². The van der Waals surface area contributed by atoms with Crippen molar-refractivity contribution in [2.75, 3.05) is 79.0 Å². The Bertz CT molecular complexity index is 5160. The van der Waals surface area contributed by atoms with E-state index in [9.17, 15) is 63.0 Å². The molecule has 43 heteroatoms. The molecule has 14 N–H and O–H groups in total. The topological polar surface area (TPSA) is 445 Å². The summed E-state index contributed by atoms with van der Waals surface area (Å²) in [4.78, 5) is 123. The highest BCUT2D eigenvalue weighted by Crippen LogP contribution is 2.25. The van der Waals surface area contributed by atoms with Crippen molar-refractivity contribution in [1.29, 1.82) is 0 Å². The maximum atomic E-state index is 12.9. The minimum Gasteiger partial charge on any atom is -1.00 e. The number of esters is 6. The Morgan fingerprint density at radius 3 is 0.926 bits per heavy atom. The first-order chi connectivity index (χ1) is 69.2. The third-order valence-electron chi connectivity index (χ3n) is 20.6. The van der Waals surface area contributed by atoms with Crippen molar-refractivity contribution >= 4 is 203 Å². The number of alkyl halides is 7. The van der Waals surface area contributed by atoms with Crippen LogP contribution in [0.25, 0.3) is 0 Å². The van der Waals surface area contributed by atoms with Crippen LogP contribution in [0.5, 0.6) is 0 Å². The molecular formula is C106H155B4Cl7I2N8O22. The number of ether oxygens (including phenoxy) is 6. The summed E-state index contributed by atoms with van der Waals surface area (Å²) in [5, 5.41) is 70.2. The minimum atomic E-state index is -0.997. The second-order valence-electron chi connectivity index (χ2n) is 39.2. The fourth-order valence-corrected chi connectivity index (χ4v) is 16.1. The van der Waals surface area contributed by atoms with E-state index in [1.165, 1.54) is 0 Å². The lowest BCUT2D eigenvalue weighted by Crippen LogP contribution is -3.00. The molecule has 0 saturated heterocycles. The molecule has 30 nitrogen and oxygen atoms in total. The molecule has 0 aliphatic heterocycles. The lowest BCUT2D eigenvalue weighted by molar-refractivity contribution is -0.646. The number of quaternary nitrogens is 1. The molecule has 7 rings (SSSR count). The second kappa shape index (κ2) is 75.4. The van der Waals surface area contributed by atoms with Gasteiger partial charge < -0.3 is 113 Å². The number of nitrogens with zero attached hydrogens (tertiary/aromatic N) is 2. The average Bonchev–Trinajstić information content (AvgIpc) is 0.835. The molecule has 0 fully saturated rings. The molecule has 0 unspecified atom stereocenters. The molecule has 7 aromatic rings. The average molecular weight is 2440 g/mol. The number of benzene rings is 7. The van der Waals surface area contributed by atoms with Crippen LogP contribution in [0.3, 0.4) is 0 Å². The standard InChI is InChI=1S/C24H32BNO5.C21H33BCl2N2O4.C17H26BNO5.C16H22Cl2N2O3.C15H13IO2.C9H19BINO3.C4H9Cl2N.ClH/c1-17-11-12-19(23(28)30-16-18-9-7-6-8-10-18)13-20(17)14-21(26-25(5)29)15-22(27)31-24(2,3)4;1-15-6-7-16(20(28)26(10-8-23)11-9-24)12-17(15)13-18(25-22(5)29)14-19(27)30-21(2,3)4;1-11-6-7-12(16(21)22)8-13(11)9-14(19-18(5)23)10-15(20)24-17(2,3)4;1-11-2-3-12(16(23)20(6-4-17)7-5-18)8-13(11)9-14(19)10-15(21)22;1-11-7-8-13(9-14(11)16)15(17)18-10-12-5-3-2-4-6-12;1-9(2,3)15-8(13)5-7(6-11)12-10(4)14;5-1-3-7-4-2-6;/h6-13,21,26,29H,14-16H2,1-5H3;6-7,12,18,25,29H,8-11,13-14H2,1-5H3;6-8,14,19,23H,9-10H2,1-5H3,(H,21,22);2-3,8,14H,4-7,9-10,19H2,1H3,(H,21,22);2-9H,10H2,1H3;7,12,14H,5-6H2,1-4H3;7H,1-4H2;1H/t21-;18-;2*14-;;7-;;/m0000.1../s1. The van der Waals surface area contributed by atoms with Gasteiger partial charge in [0.1, 0.15) is 35.6 Å². The maximum absolute atomic E-state index is 12.9.